The van der Waals surface area contributed by atoms with E-state index in [1.807, 2.05) is 37.3 Å². The lowest BCUT2D eigenvalue weighted by Gasteiger charge is -2.10. The van der Waals surface area contributed by atoms with Gasteiger partial charge in [0.25, 0.3) is 0 Å². The number of carbonyl (C=O) groups excluding carboxylic acids is 1. The van der Waals surface area contributed by atoms with Gasteiger partial charge in [-0.2, -0.15) is 0 Å². The minimum absolute atomic E-state index is 0.0887. The van der Waals surface area contributed by atoms with Crippen molar-refractivity contribution in [2.24, 2.45) is 5.92 Å². The summed E-state index contributed by atoms with van der Waals surface area (Å²) in [5.74, 6) is 0.316. The number of carbonyl (C=O) groups is 1. The van der Waals surface area contributed by atoms with Crippen LogP contribution in [0.2, 0.25) is 0 Å². The Hall–Kier alpha value is -1.70. The van der Waals surface area contributed by atoms with Gasteiger partial charge < -0.3 is 0 Å². The molecule has 1 unspecified atom stereocenters. The molecule has 2 nitrogen and oxygen atoms in total. The minimum atomic E-state index is 0.0887. The van der Waals surface area contributed by atoms with Crippen LogP contribution in [0.15, 0.2) is 36.5 Å². The molecule has 1 aromatic heterocycles. The van der Waals surface area contributed by atoms with Crippen LogP contribution in [0, 0.1) is 5.92 Å². The Labute approximate surface area is 102 Å². The molecule has 0 aliphatic carbocycles. The summed E-state index contributed by atoms with van der Waals surface area (Å²) in [4.78, 5) is 16.6. The molecule has 0 bridgehead atoms. The zero-order valence-corrected chi connectivity index (χ0v) is 10.3. The number of ketones is 1. The number of rotatable bonds is 4. The normalized spacial score (nSPS) is 12.6. The molecular weight excluding hydrogens is 210 g/mol. The van der Waals surface area contributed by atoms with Gasteiger partial charge in [0.2, 0.25) is 0 Å². The average Bonchev–Trinajstić information content (AvgIpc) is 2.37. The van der Waals surface area contributed by atoms with Crippen molar-refractivity contribution in [3.8, 4) is 0 Å². The van der Waals surface area contributed by atoms with Crippen molar-refractivity contribution in [1.29, 1.82) is 0 Å². The van der Waals surface area contributed by atoms with E-state index in [0.29, 0.717) is 0 Å². The fourth-order valence-corrected chi connectivity index (χ4v) is 2.14. The van der Waals surface area contributed by atoms with Gasteiger partial charge in [-0.15, -0.1) is 0 Å². The van der Waals surface area contributed by atoms with Gasteiger partial charge in [-0.25, -0.2) is 0 Å². The first-order valence-electron chi connectivity index (χ1n) is 6.12. The summed E-state index contributed by atoms with van der Waals surface area (Å²) in [6, 6.07) is 9.63. The van der Waals surface area contributed by atoms with Crippen LogP contribution in [0.4, 0.5) is 0 Å². The Morgan fingerprint density at radius 3 is 2.82 bits per heavy atom. The number of Topliss-reactive ketones (excluding diaryl/α,β-unsaturated/α-hetero) is 1. The lowest BCUT2D eigenvalue weighted by atomic mass is 9.93. The van der Waals surface area contributed by atoms with Gasteiger partial charge in [0.05, 0.1) is 5.52 Å². The molecule has 0 aliphatic heterocycles. The first-order chi connectivity index (χ1) is 8.24. The largest absolute Gasteiger partial charge is 0.294 e. The fourth-order valence-electron chi connectivity index (χ4n) is 2.14. The molecule has 1 heterocycles. The number of aromatic nitrogens is 1. The highest BCUT2D eigenvalue weighted by atomic mass is 16.1. The molecule has 88 valence electrons. The maximum Gasteiger partial charge on any atom is 0.166 e. The van der Waals surface area contributed by atoms with Crippen LogP contribution in [0.3, 0.4) is 0 Å². The van der Waals surface area contributed by atoms with Crippen molar-refractivity contribution in [3.63, 3.8) is 0 Å². The topological polar surface area (TPSA) is 30.0 Å². The van der Waals surface area contributed by atoms with Crippen LogP contribution in [-0.2, 0) is 0 Å². The molecule has 0 radical (unpaired) electrons. The Bertz CT molecular complexity index is 528. The Morgan fingerprint density at radius 2 is 2.06 bits per heavy atom. The van der Waals surface area contributed by atoms with Crippen LogP contribution in [0.5, 0.6) is 0 Å². The number of pyridine rings is 1. The number of hydrogen-bond donors (Lipinski definition) is 0. The number of fused-ring (bicyclic) bond motifs is 1. The van der Waals surface area contributed by atoms with Crippen molar-refractivity contribution < 1.29 is 4.79 Å². The van der Waals surface area contributed by atoms with E-state index in [4.69, 9.17) is 0 Å². The summed E-state index contributed by atoms with van der Waals surface area (Å²) < 4.78 is 0. The van der Waals surface area contributed by atoms with Crippen molar-refractivity contribution in [2.45, 2.75) is 26.7 Å². The van der Waals surface area contributed by atoms with Crippen molar-refractivity contribution in [2.75, 3.05) is 0 Å². The molecule has 0 N–H and O–H groups in total. The minimum Gasteiger partial charge on any atom is -0.294 e. The number of hydrogen-bond acceptors (Lipinski definition) is 2. The van der Waals surface area contributed by atoms with E-state index in [-0.39, 0.29) is 11.7 Å². The summed E-state index contributed by atoms with van der Waals surface area (Å²) in [5, 5.41) is 0.961. The molecule has 1 aromatic carbocycles. The third kappa shape index (κ3) is 2.36. The van der Waals surface area contributed by atoms with E-state index in [2.05, 4.69) is 11.9 Å². The van der Waals surface area contributed by atoms with E-state index >= 15 is 0 Å². The number of nitrogens with zero attached hydrogens (tertiary/aromatic N) is 1. The monoisotopic (exact) mass is 227 g/mol. The maximum absolute atomic E-state index is 12.3. The van der Waals surface area contributed by atoms with Crippen LogP contribution >= 0.6 is 0 Å². The lowest BCUT2D eigenvalue weighted by molar-refractivity contribution is 0.0925. The summed E-state index contributed by atoms with van der Waals surface area (Å²) in [7, 11) is 0. The molecule has 2 heteroatoms. The number of benzene rings is 1. The highest BCUT2D eigenvalue weighted by Crippen LogP contribution is 2.21. The molecule has 2 aromatic rings. The molecule has 0 saturated heterocycles. The van der Waals surface area contributed by atoms with E-state index in [1.165, 1.54) is 0 Å². The highest BCUT2D eigenvalue weighted by molar-refractivity contribution is 6.08. The second-order valence-corrected chi connectivity index (χ2v) is 4.43. The summed E-state index contributed by atoms with van der Waals surface area (Å²) in [6.45, 7) is 4.11. The Morgan fingerprint density at radius 1 is 1.29 bits per heavy atom. The predicted molar refractivity (Wildman–Crippen MR) is 70.1 cm³/mol. The molecule has 0 fully saturated rings. The zero-order chi connectivity index (χ0) is 12.3. The molecule has 17 heavy (non-hydrogen) atoms. The highest BCUT2D eigenvalue weighted by Gasteiger charge is 2.16. The summed E-state index contributed by atoms with van der Waals surface area (Å²) >= 11 is 0. The van der Waals surface area contributed by atoms with E-state index in [0.717, 1.165) is 29.3 Å². The molecule has 0 spiro atoms. The van der Waals surface area contributed by atoms with Crippen LogP contribution in [0.1, 0.15) is 37.0 Å². The van der Waals surface area contributed by atoms with Gasteiger partial charge in [-0.05, 0) is 18.6 Å². The SMILES string of the molecule is CCCC(C)C(=O)c1ccnc2ccccc12. The third-order valence-electron chi connectivity index (χ3n) is 3.08. The summed E-state index contributed by atoms with van der Waals surface area (Å²) in [5.41, 5.74) is 1.69. The smallest absolute Gasteiger partial charge is 0.166 e. The third-order valence-corrected chi connectivity index (χ3v) is 3.08. The van der Waals surface area contributed by atoms with Crippen LogP contribution in [0.25, 0.3) is 10.9 Å². The quantitative estimate of drug-likeness (QED) is 0.742. The predicted octanol–water partition coefficient (Wildman–Crippen LogP) is 3.85. The van der Waals surface area contributed by atoms with E-state index in [9.17, 15) is 4.79 Å². The standard InChI is InChI=1S/C15H17NO/c1-3-6-11(2)15(17)13-9-10-16-14-8-5-4-7-12(13)14/h4-5,7-11H,3,6H2,1-2H3. The van der Waals surface area contributed by atoms with Gasteiger partial charge in [0, 0.05) is 23.1 Å². The Balaban J connectivity index is 2.45. The van der Waals surface area contributed by atoms with Crippen LogP contribution < -0.4 is 0 Å². The van der Waals surface area contributed by atoms with E-state index < -0.39 is 0 Å². The molecule has 0 aliphatic rings. The van der Waals surface area contributed by atoms with Crippen molar-refractivity contribution in [3.05, 3.63) is 42.1 Å². The first kappa shape index (κ1) is 11.8. The van der Waals surface area contributed by atoms with E-state index in [1.54, 1.807) is 6.20 Å². The Kier molecular flexibility index (Phi) is 3.52. The summed E-state index contributed by atoms with van der Waals surface area (Å²) in [6.07, 6.45) is 3.69. The first-order valence-corrected chi connectivity index (χ1v) is 6.12. The van der Waals surface area contributed by atoms with Gasteiger partial charge in [0.1, 0.15) is 0 Å². The molecule has 0 amide bonds. The average molecular weight is 227 g/mol. The lowest BCUT2D eigenvalue weighted by Crippen LogP contribution is -2.11. The molecular formula is C15H17NO. The van der Waals surface area contributed by atoms with Crippen LogP contribution in [-0.4, -0.2) is 10.8 Å². The maximum atomic E-state index is 12.3. The van der Waals surface area contributed by atoms with Gasteiger partial charge >= 0.3 is 0 Å². The number of para-hydroxylation sites is 1. The van der Waals surface area contributed by atoms with Crippen molar-refractivity contribution in [1.82, 2.24) is 4.98 Å². The molecule has 0 saturated carbocycles. The second-order valence-electron chi connectivity index (χ2n) is 4.43. The van der Waals surface area contributed by atoms with Crippen molar-refractivity contribution >= 4 is 16.7 Å². The zero-order valence-electron chi connectivity index (χ0n) is 10.3. The van der Waals surface area contributed by atoms with Gasteiger partial charge in [0.15, 0.2) is 5.78 Å². The van der Waals surface area contributed by atoms with Gasteiger partial charge in [-0.3, -0.25) is 9.78 Å². The van der Waals surface area contributed by atoms with Gasteiger partial charge in [-0.1, -0.05) is 38.5 Å². The second kappa shape index (κ2) is 5.09. The molecule has 2 rings (SSSR count). The molecule has 1 atom stereocenters. The fraction of sp³-hybridized carbons (Fsp3) is 0.333.